The predicted octanol–water partition coefficient (Wildman–Crippen LogP) is 3.49. The molecular formula is C19H17NO4. The van der Waals surface area contributed by atoms with Crippen molar-refractivity contribution in [1.82, 2.24) is 4.98 Å². The van der Waals surface area contributed by atoms with Gasteiger partial charge in [-0.25, -0.2) is 0 Å². The zero-order valence-corrected chi connectivity index (χ0v) is 13.7. The van der Waals surface area contributed by atoms with E-state index in [4.69, 9.17) is 14.2 Å². The monoisotopic (exact) mass is 323 g/mol. The highest BCUT2D eigenvalue weighted by Crippen LogP contribution is 2.38. The molecule has 3 rings (SSSR count). The van der Waals surface area contributed by atoms with Gasteiger partial charge in [-0.05, 0) is 23.6 Å². The molecule has 0 N–H and O–H groups in total. The highest BCUT2D eigenvalue weighted by Gasteiger charge is 2.20. The second kappa shape index (κ2) is 6.58. The van der Waals surface area contributed by atoms with Crippen molar-refractivity contribution >= 4 is 16.6 Å². The Morgan fingerprint density at radius 2 is 1.58 bits per heavy atom. The molecule has 5 nitrogen and oxygen atoms in total. The maximum Gasteiger partial charge on any atom is 0.212 e. The molecule has 0 radical (unpaired) electrons. The lowest BCUT2D eigenvalue weighted by atomic mass is 10.0. The van der Waals surface area contributed by atoms with Crippen LogP contribution in [0, 0.1) is 0 Å². The van der Waals surface area contributed by atoms with Crippen molar-refractivity contribution in [2.75, 3.05) is 21.3 Å². The van der Waals surface area contributed by atoms with Gasteiger partial charge in [0.1, 0.15) is 5.69 Å². The van der Waals surface area contributed by atoms with Crippen LogP contribution < -0.4 is 14.2 Å². The van der Waals surface area contributed by atoms with E-state index in [-0.39, 0.29) is 5.78 Å². The SMILES string of the molecule is COc1cc(C(=O)c2nccc3ccccc23)cc(OC)c1OC. The van der Waals surface area contributed by atoms with Crippen molar-refractivity contribution in [2.45, 2.75) is 0 Å². The van der Waals surface area contributed by atoms with Crippen LogP contribution in [0.25, 0.3) is 10.8 Å². The van der Waals surface area contributed by atoms with Crippen LogP contribution in [0.2, 0.25) is 0 Å². The third-order valence-corrected chi connectivity index (χ3v) is 3.82. The van der Waals surface area contributed by atoms with Gasteiger partial charge in [0.15, 0.2) is 11.5 Å². The summed E-state index contributed by atoms with van der Waals surface area (Å²) in [7, 11) is 4.55. The normalized spacial score (nSPS) is 10.5. The second-order valence-corrected chi connectivity index (χ2v) is 5.12. The molecule has 5 heteroatoms. The van der Waals surface area contributed by atoms with E-state index >= 15 is 0 Å². The minimum absolute atomic E-state index is 0.203. The smallest absolute Gasteiger partial charge is 0.212 e. The number of hydrogen-bond donors (Lipinski definition) is 0. The van der Waals surface area contributed by atoms with Crippen LogP contribution in [0.1, 0.15) is 16.1 Å². The van der Waals surface area contributed by atoms with Crippen molar-refractivity contribution < 1.29 is 19.0 Å². The fraction of sp³-hybridized carbons (Fsp3) is 0.158. The minimum atomic E-state index is -0.203. The quantitative estimate of drug-likeness (QED) is 0.673. The summed E-state index contributed by atoms with van der Waals surface area (Å²) in [5.74, 6) is 1.11. The summed E-state index contributed by atoms with van der Waals surface area (Å²) in [6.07, 6.45) is 1.63. The van der Waals surface area contributed by atoms with Gasteiger partial charge < -0.3 is 14.2 Å². The standard InChI is InChI=1S/C19H17NO4/c1-22-15-10-13(11-16(23-2)19(15)24-3)18(21)17-14-7-5-4-6-12(14)8-9-20-17/h4-11H,1-3H3. The summed E-state index contributed by atoms with van der Waals surface area (Å²) in [6, 6.07) is 12.8. The molecule has 1 heterocycles. The van der Waals surface area contributed by atoms with E-state index in [9.17, 15) is 4.79 Å². The number of carbonyl (C=O) groups excluding carboxylic acids is 1. The molecule has 0 aliphatic carbocycles. The molecule has 2 aromatic carbocycles. The summed E-state index contributed by atoms with van der Waals surface area (Å²) >= 11 is 0. The van der Waals surface area contributed by atoms with Crippen LogP contribution in [-0.2, 0) is 0 Å². The summed E-state index contributed by atoms with van der Waals surface area (Å²) in [5.41, 5.74) is 0.815. The van der Waals surface area contributed by atoms with Gasteiger partial charge in [-0.1, -0.05) is 24.3 Å². The van der Waals surface area contributed by atoms with Gasteiger partial charge in [-0.3, -0.25) is 9.78 Å². The summed E-state index contributed by atoms with van der Waals surface area (Å²) in [6.45, 7) is 0. The molecule has 3 aromatic rings. The number of ketones is 1. The molecular weight excluding hydrogens is 306 g/mol. The first-order chi connectivity index (χ1) is 11.7. The van der Waals surface area contributed by atoms with E-state index in [1.165, 1.54) is 21.3 Å². The first kappa shape index (κ1) is 15.8. The first-order valence-corrected chi connectivity index (χ1v) is 7.38. The third-order valence-electron chi connectivity index (χ3n) is 3.82. The molecule has 0 amide bonds. The number of pyridine rings is 1. The molecule has 0 bridgehead atoms. The van der Waals surface area contributed by atoms with Crippen molar-refractivity contribution in [3.05, 3.63) is 59.9 Å². The number of aromatic nitrogens is 1. The Morgan fingerprint density at radius 1 is 0.917 bits per heavy atom. The van der Waals surface area contributed by atoms with Gasteiger partial charge in [-0.15, -0.1) is 0 Å². The molecule has 0 saturated carbocycles. The third kappa shape index (κ3) is 2.65. The van der Waals surface area contributed by atoms with Crippen LogP contribution in [0.15, 0.2) is 48.7 Å². The molecule has 0 saturated heterocycles. The van der Waals surface area contributed by atoms with E-state index < -0.39 is 0 Å². The molecule has 0 aliphatic heterocycles. The van der Waals surface area contributed by atoms with Crippen molar-refractivity contribution in [3.63, 3.8) is 0 Å². The van der Waals surface area contributed by atoms with Crippen LogP contribution in [-0.4, -0.2) is 32.1 Å². The molecule has 0 fully saturated rings. The lowest BCUT2D eigenvalue weighted by molar-refractivity contribution is 0.103. The van der Waals surface area contributed by atoms with E-state index in [0.717, 1.165) is 10.8 Å². The summed E-state index contributed by atoms with van der Waals surface area (Å²) in [4.78, 5) is 17.3. The number of fused-ring (bicyclic) bond motifs is 1. The highest BCUT2D eigenvalue weighted by atomic mass is 16.5. The second-order valence-electron chi connectivity index (χ2n) is 5.12. The Morgan fingerprint density at radius 3 is 2.21 bits per heavy atom. The Kier molecular flexibility index (Phi) is 4.33. The first-order valence-electron chi connectivity index (χ1n) is 7.38. The fourth-order valence-electron chi connectivity index (χ4n) is 2.65. The molecule has 1 aromatic heterocycles. The average molecular weight is 323 g/mol. The number of nitrogens with zero attached hydrogens (tertiary/aromatic N) is 1. The van der Waals surface area contributed by atoms with E-state index in [1.54, 1.807) is 18.3 Å². The molecule has 122 valence electrons. The van der Waals surface area contributed by atoms with Crippen molar-refractivity contribution in [2.24, 2.45) is 0 Å². The van der Waals surface area contributed by atoms with E-state index in [1.807, 2.05) is 30.3 Å². The lowest BCUT2D eigenvalue weighted by Crippen LogP contribution is -2.06. The Hall–Kier alpha value is -3.08. The maximum atomic E-state index is 13.0. The van der Waals surface area contributed by atoms with Crippen LogP contribution in [0.4, 0.5) is 0 Å². The molecule has 0 spiro atoms. The van der Waals surface area contributed by atoms with Crippen LogP contribution in [0.3, 0.4) is 0 Å². The van der Waals surface area contributed by atoms with Gasteiger partial charge in [-0.2, -0.15) is 0 Å². The Labute approximate surface area is 139 Å². The molecule has 0 unspecified atom stereocenters. The van der Waals surface area contributed by atoms with Gasteiger partial charge >= 0.3 is 0 Å². The van der Waals surface area contributed by atoms with Gasteiger partial charge in [0.05, 0.1) is 21.3 Å². The highest BCUT2D eigenvalue weighted by molar-refractivity contribution is 6.15. The maximum absolute atomic E-state index is 13.0. The zero-order chi connectivity index (χ0) is 17.1. The zero-order valence-electron chi connectivity index (χ0n) is 13.7. The number of benzene rings is 2. The predicted molar refractivity (Wildman–Crippen MR) is 91.3 cm³/mol. The topological polar surface area (TPSA) is 57.7 Å². The molecule has 0 aliphatic rings. The Balaban J connectivity index is 2.16. The average Bonchev–Trinajstić information content (AvgIpc) is 2.65. The summed E-state index contributed by atoms with van der Waals surface area (Å²) in [5, 5.41) is 1.77. The fourth-order valence-corrected chi connectivity index (χ4v) is 2.65. The van der Waals surface area contributed by atoms with E-state index in [0.29, 0.717) is 28.5 Å². The minimum Gasteiger partial charge on any atom is -0.493 e. The number of ether oxygens (including phenoxy) is 3. The number of rotatable bonds is 5. The van der Waals surface area contributed by atoms with Gasteiger partial charge in [0.25, 0.3) is 0 Å². The Bertz CT molecular complexity index is 875. The summed E-state index contributed by atoms with van der Waals surface area (Å²) < 4.78 is 15.9. The van der Waals surface area contributed by atoms with Gasteiger partial charge in [0, 0.05) is 17.1 Å². The van der Waals surface area contributed by atoms with Crippen molar-refractivity contribution in [1.29, 1.82) is 0 Å². The lowest BCUT2D eigenvalue weighted by Gasteiger charge is -2.14. The van der Waals surface area contributed by atoms with Gasteiger partial charge in [0.2, 0.25) is 11.5 Å². The largest absolute Gasteiger partial charge is 0.493 e. The molecule has 24 heavy (non-hydrogen) atoms. The van der Waals surface area contributed by atoms with Crippen molar-refractivity contribution in [3.8, 4) is 17.2 Å². The molecule has 0 atom stereocenters. The number of methoxy groups -OCH3 is 3. The number of carbonyl (C=O) groups is 1. The van der Waals surface area contributed by atoms with Crippen LogP contribution in [0.5, 0.6) is 17.2 Å². The number of hydrogen-bond acceptors (Lipinski definition) is 5. The van der Waals surface area contributed by atoms with E-state index in [2.05, 4.69) is 4.98 Å². The van der Waals surface area contributed by atoms with Crippen LogP contribution >= 0.6 is 0 Å².